The second-order valence-electron chi connectivity index (χ2n) is 8.62. The van der Waals surface area contributed by atoms with Crippen molar-refractivity contribution in [2.24, 2.45) is 0 Å². The third-order valence-electron chi connectivity index (χ3n) is 5.22. The van der Waals surface area contributed by atoms with Crippen LogP contribution < -0.4 is 15.0 Å². The van der Waals surface area contributed by atoms with Gasteiger partial charge in [0.1, 0.15) is 0 Å². The lowest BCUT2D eigenvalue weighted by atomic mass is 9.88. The lowest BCUT2D eigenvalue weighted by Crippen LogP contribution is -2.40. The van der Waals surface area contributed by atoms with Gasteiger partial charge in [0, 0.05) is 22.3 Å². The van der Waals surface area contributed by atoms with Gasteiger partial charge in [0.2, 0.25) is 5.70 Å². The number of halogens is 1. The number of aryl methyl sites for hydroxylation is 2. The van der Waals surface area contributed by atoms with Crippen LogP contribution in [-0.2, 0) is 5.41 Å². The summed E-state index contributed by atoms with van der Waals surface area (Å²) in [6.07, 6.45) is 3.81. The van der Waals surface area contributed by atoms with Crippen LogP contribution in [-0.4, -0.2) is 4.99 Å². The molecule has 0 atom stereocenters. The summed E-state index contributed by atoms with van der Waals surface area (Å²) in [7, 11) is 0. The fourth-order valence-electron chi connectivity index (χ4n) is 3.37. The first-order valence-electron chi connectivity index (χ1n) is 10.2. The largest absolute Gasteiger partial charge is 0.867 e. The number of anilines is 1. The molecule has 3 nitrogen and oxygen atoms in total. The molecule has 1 aromatic heterocycles. The van der Waals surface area contributed by atoms with E-state index < -0.39 is 0 Å². The molecule has 31 heavy (non-hydrogen) atoms. The molecule has 3 aromatic rings. The number of para-hydroxylation sites is 1. The highest BCUT2D eigenvalue weighted by Gasteiger charge is 2.22. The van der Waals surface area contributed by atoms with Crippen LogP contribution in [0.4, 0.5) is 5.69 Å². The molecule has 160 valence electrons. The molecule has 0 aliphatic carbocycles. The maximum absolute atomic E-state index is 13.6. The van der Waals surface area contributed by atoms with Crippen molar-refractivity contribution in [1.82, 2.24) is 0 Å². The lowest BCUT2D eigenvalue weighted by Gasteiger charge is -2.21. The molecule has 0 aliphatic rings. The second-order valence-corrected chi connectivity index (χ2v) is 9.89. The van der Waals surface area contributed by atoms with E-state index in [4.69, 9.17) is 12.2 Å². The third kappa shape index (κ3) is 5.23. The zero-order chi connectivity index (χ0) is 22.8. The number of rotatable bonds is 4. The molecule has 0 radical (unpaired) electrons. The van der Waals surface area contributed by atoms with Crippen LogP contribution in [0.1, 0.15) is 43.0 Å². The van der Waals surface area contributed by atoms with Crippen LogP contribution in [0.25, 0.3) is 11.5 Å². The Morgan fingerprint density at radius 1 is 0.935 bits per heavy atom. The Morgan fingerprint density at radius 2 is 1.52 bits per heavy atom. The average molecular weight is 495 g/mol. The van der Waals surface area contributed by atoms with Crippen LogP contribution >= 0.6 is 28.1 Å². The smallest absolute Gasteiger partial charge is 0.238 e. The van der Waals surface area contributed by atoms with Crippen molar-refractivity contribution in [3.8, 4) is 0 Å². The van der Waals surface area contributed by atoms with Gasteiger partial charge in [-0.15, -0.1) is 0 Å². The van der Waals surface area contributed by atoms with Crippen LogP contribution in [0.15, 0.2) is 71.5 Å². The minimum Gasteiger partial charge on any atom is -0.867 e. The molecule has 0 spiro atoms. The molecule has 1 heterocycles. The summed E-state index contributed by atoms with van der Waals surface area (Å²) in [4.78, 5) is 0.381. The summed E-state index contributed by atoms with van der Waals surface area (Å²) in [5.41, 5.74) is 5.25. The molecular formula is C26H27BrN2OS. The van der Waals surface area contributed by atoms with Crippen molar-refractivity contribution >= 4 is 50.3 Å². The van der Waals surface area contributed by atoms with Gasteiger partial charge >= 0.3 is 0 Å². The zero-order valence-electron chi connectivity index (χ0n) is 18.5. The van der Waals surface area contributed by atoms with Gasteiger partial charge in [0.05, 0.1) is 0 Å². The van der Waals surface area contributed by atoms with Gasteiger partial charge in [-0.3, -0.25) is 0 Å². The highest BCUT2D eigenvalue weighted by Crippen LogP contribution is 2.26. The number of hydrogen-bond acceptors (Lipinski definition) is 2. The maximum atomic E-state index is 13.6. The SMILES string of the molecule is Cc1cccc(C)c1NC(=S)/C(=C(\[O-])c1ccccc1Br)[n+]1ccc(C(C)(C)C)cc1. The Hall–Kier alpha value is -2.50. The molecule has 0 saturated heterocycles. The molecule has 0 aliphatic heterocycles. The predicted octanol–water partition coefficient (Wildman–Crippen LogP) is 5.78. The number of thiocarbonyl (C=S) groups is 1. The van der Waals surface area contributed by atoms with Gasteiger partial charge in [-0.05, 0) is 53.3 Å². The fourth-order valence-corrected chi connectivity index (χ4v) is 4.14. The predicted molar refractivity (Wildman–Crippen MR) is 135 cm³/mol. The van der Waals surface area contributed by atoms with Crippen molar-refractivity contribution in [2.75, 3.05) is 5.32 Å². The Kier molecular flexibility index (Phi) is 6.97. The van der Waals surface area contributed by atoms with E-state index in [0.717, 1.165) is 21.3 Å². The van der Waals surface area contributed by atoms with Gasteiger partial charge in [-0.2, -0.15) is 4.57 Å². The second kappa shape index (κ2) is 9.33. The summed E-state index contributed by atoms with van der Waals surface area (Å²) in [6, 6.07) is 17.5. The molecule has 1 N–H and O–H groups in total. The first-order chi connectivity index (χ1) is 14.6. The average Bonchev–Trinajstić information content (AvgIpc) is 2.71. The Bertz CT molecular complexity index is 1120. The molecule has 5 heteroatoms. The molecule has 0 saturated carbocycles. The Morgan fingerprint density at radius 3 is 2.06 bits per heavy atom. The van der Waals surface area contributed by atoms with E-state index in [9.17, 15) is 5.11 Å². The monoisotopic (exact) mass is 494 g/mol. The van der Waals surface area contributed by atoms with E-state index in [1.54, 1.807) is 10.6 Å². The number of aromatic nitrogens is 1. The summed E-state index contributed by atoms with van der Waals surface area (Å²) < 4.78 is 2.54. The van der Waals surface area contributed by atoms with E-state index in [-0.39, 0.29) is 11.2 Å². The topological polar surface area (TPSA) is 39.0 Å². The summed E-state index contributed by atoms with van der Waals surface area (Å²) in [5.74, 6) is -0.148. The van der Waals surface area contributed by atoms with E-state index in [1.807, 2.05) is 74.8 Å². The standard InChI is InChI=1S/C26H27BrN2OS/c1-17-9-8-10-18(2)22(17)28-25(31)23(24(30)20-11-6-7-12-21(20)27)29-15-13-19(14-16-29)26(3,4)5/h6-16H,1-5H3,(H-,28,30,31). The van der Waals surface area contributed by atoms with Gasteiger partial charge in [0.25, 0.3) is 0 Å². The van der Waals surface area contributed by atoms with E-state index >= 15 is 0 Å². The molecule has 0 unspecified atom stereocenters. The first-order valence-corrected chi connectivity index (χ1v) is 11.4. The molecule has 2 aromatic carbocycles. The van der Waals surface area contributed by atoms with Crippen LogP contribution in [0.3, 0.4) is 0 Å². The van der Waals surface area contributed by atoms with Gasteiger partial charge in [-0.25, -0.2) is 0 Å². The van der Waals surface area contributed by atoms with Crippen molar-refractivity contribution in [3.05, 3.63) is 93.7 Å². The minimum absolute atomic E-state index is 0.0166. The Balaban J connectivity index is 2.14. The van der Waals surface area contributed by atoms with Crippen molar-refractivity contribution in [1.29, 1.82) is 0 Å². The fraction of sp³-hybridized carbons (Fsp3) is 0.231. The third-order valence-corrected chi connectivity index (χ3v) is 6.21. The van der Waals surface area contributed by atoms with Gasteiger partial charge in [0.15, 0.2) is 17.4 Å². The highest BCUT2D eigenvalue weighted by atomic mass is 79.9. The molecule has 0 amide bonds. The molecule has 3 rings (SSSR count). The molecule has 0 fully saturated rings. The number of pyridine rings is 1. The van der Waals surface area contributed by atoms with Gasteiger partial charge in [-0.1, -0.05) is 85.3 Å². The van der Waals surface area contributed by atoms with Crippen LogP contribution in [0.5, 0.6) is 0 Å². The maximum Gasteiger partial charge on any atom is 0.238 e. The molecular weight excluding hydrogens is 468 g/mol. The first kappa shape index (κ1) is 23.2. The van der Waals surface area contributed by atoms with Crippen molar-refractivity contribution < 1.29 is 9.67 Å². The summed E-state index contributed by atoms with van der Waals surface area (Å²) in [5, 5.41) is 17.0. The number of nitrogens with zero attached hydrogens (tertiary/aromatic N) is 1. The summed E-state index contributed by atoms with van der Waals surface area (Å²) in [6.45, 7) is 10.5. The lowest BCUT2D eigenvalue weighted by molar-refractivity contribution is -0.577. The highest BCUT2D eigenvalue weighted by molar-refractivity contribution is 9.10. The van der Waals surface area contributed by atoms with Crippen LogP contribution in [0, 0.1) is 13.8 Å². The quantitative estimate of drug-likeness (QED) is 0.216. The zero-order valence-corrected chi connectivity index (χ0v) is 20.9. The number of benzene rings is 2. The van der Waals surface area contributed by atoms with E-state index in [0.29, 0.717) is 16.2 Å². The van der Waals surface area contributed by atoms with Crippen molar-refractivity contribution in [3.63, 3.8) is 0 Å². The number of nitrogens with one attached hydrogen (secondary N) is 1. The van der Waals surface area contributed by atoms with E-state index in [1.165, 1.54) is 5.56 Å². The summed E-state index contributed by atoms with van der Waals surface area (Å²) >= 11 is 9.29. The van der Waals surface area contributed by atoms with Crippen LogP contribution in [0.2, 0.25) is 0 Å². The Labute approximate surface area is 198 Å². The van der Waals surface area contributed by atoms with Gasteiger partial charge < -0.3 is 10.4 Å². The number of hydrogen-bond donors (Lipinski definition) is 1. The van der Waals surface area contributed by atoms with Crippen molar-refractivity contribution in [2.45, 2.75) is 40.0 Å². The molecule has 0 bridgehead atoms. The minimum atomic E-state index is -0.148. The van der Waals surface area contributed by atoms with E-state index in [2.05, 4.69) is 42.0 Å². The normalized spacial score (nSPS) is 12.3.